The molecule has 2 aromatic rings. The van der Waals surface area contributed by atoms with Crippen LogP contribution in [0.15, 0.2) is 57.9 Å². The highest BCUT2D eigenvalue weighted by Gasteiger charge is 2.13. The van der Waals surface area contributed by atoms with Crippen LogP contribution in [0, 0.1) is 0 Å². The van der Waals surface area contributed by atoms with Crippen molar-refractivity contribution in [3.05, 3.63) is 53.9 Å². The van der Waals surface area contributed by atoms with Crippen molar-refractivity contribution in [3.8, 4) is 11.5 Å². The number of hydrogen-bond donors (Lipinski definition) is 2. The zero-order valence-corrected chi connectivity index (χ0v) is 15.4. The molecule has 0 spiro atoms. The predicted molar refractivity (Wildman–Crippen MR) is 109 cm³/mol. The van der Waals surface area contributed by atoms with Gasteiger partial charge in [0, 0.05) is 48.3 Å². The molecule has 2 aromatic carbocycles. The van der Waals surface area contributed by atoms with Crippen LogP contribution in [0.4, 0.5) is 5.69 Å². The number of rotatable bonds is 6. The Morgan fingerprint density at radius 1 is 1.11 bits per heavy atom. The summed E-state index contributed by atoms with van der Waals surface area (Å²) in [4.78, 5) is 9.34. The largest absolute Gasteiger partial charge is 0.453 e. The molecule has 0 saturated heterocycles. The molecule has 0 aromatic heterocycles. The van der Waals surface area contributed by atoms with E-state index in [1.165, 1.54) is 0 Å². The lowest BCUT2D eigenvalue weighted by Crippen LogP contribution is -2.05. The van der Waals surface area contributed by atoms with Crippen LogP contribution < -0.4 is 10.7 Å². The quantitative estimate of drug-likeness (QED) is 0.307. The Morgan fingerprint density at radius 3 is 2.78 bits per heavy atom. The summed E-state index contributed by atoms with van der Waals surface area (Å²) in [6, 6.07) is 16.1. The molecule has 1 aliphatic heterocycles. The summed E-state index contributed by atoms with van der Waals surface area (Å²) in [5.41, 5.74) is 3.49. The van der Waals surface area contributed by atoms with Gasteiger partial charge in [0.2, 0.25) is 0 Å². The van der Waals surface area contributed by atoms with E-state index in [0.29, 0.717) is 18.7 Å². The van der Waals surface area contributed by atoms with Crippen molar-refractivity contribution >= 4 is 27.6 Å². The first-order chi connectivity index (χ1) is 13.3. The second-order valence-corrected chi connectivity index (χ2v) is 6.57. The van der Waals surface area contributed by atoms with Crippen molar-refractivity contribution in [2.24, 2.45) is 4.99 Å². The zero-order valence-electron chi connectivity index (χ0n) is 15.4. The fourth-order valence-corrected chi connectivity index (χ4v) is 3.23. The van der Waals surface area contributed by atoms with Crippen molar-refractivity contribution in [1.82, 2.24) is 4.98 Å². The minimum absolute atomic E-state index is 0.147. The third kappa shape index (κ3) is 3.51. The monoisotopic (exact) mass is 361 g/mol. The van der Waals surface area contributed by atoms with Gasteiger partial charge in [-0.3, -0.25) is 4.99 Å². The normalized spacial score (nSPS) is 12.3. The number of nitrogens with zero attached hydrogens (tertiary/aromatic N) is 2. The Hall–Kier alpha value is -2.92. The fraction of sp³-hybridized carbons (Fsp3) is 0.273. The van der Waals surface area contributed by atoms with Gasteiger partial charge in [0.05, 0.1) is 5.36 Å². The van der Waals surface area contributed by atoms with Gasteiger partial charge in [0.25, 0.3) is 0 Å². The van der Waals surface area contributed by atoms with Gasteiger partial charge in [0.15, 0.2) is 11.3 Å². The molecule has 0 bridgehead atoms. The number of fused-ring (bicyclic) bond motifs is 4. The first kappa shape index (κ1) is 17.5. The molecule has 27 heavy (non-hydrogen) atoms. The van der Waals surface area contributed by atoms with Crippen LogP contribution in [-0.2, 0) is 0 Å². The van der Waals surface area contributed by atoms with E-state index in [-0.39, 0.29) is 6.61 Å². The van der Waals surface area contributed by atoms with Crippen LogP contribution in [-0.4, -0.2) is 29.8 Å². The lowest BCUT2D eigenvalue weighted by molar-refractivity contribution is 0.291. The van der Waals surface area contributed by atoms with Crippen molar-refractivity contribution < 1.29 is 9.52 Å². The molecule has 0 atom stereocenters. The third-order valence-electron chi connectivity index (χ3n) is 4.55. The molecule has 138 valence electrons. The van der Waals surface area contributed by atoms with E-state index in [0.717, 1.165) is 51.6 Å². The molecular formula is C22H23N3O2. The van der Waals surface area contributed by atoms with Gasteiger partial charge in [-0.15, -0.1) is 0 Å². The van der Waals surface area contributed by atoms with Crippen LogP contribution in [0.3, 0.4) is 0 Å². The SMILES string of the molecule is CCCNc1cc2oc3cc(=NCCCO)ccc-3nc2c2ccccc12. The average Bonchev–Trinajstić information content (AvgIpc) is 2.71. The minimum Gasteiger partial charge on any atom is -0.453 e. The van der Waals surface area contributed by atoms with Gasteiger partial charge in [-0.25, -0.2) is 4.98 Å². The maximum Gasteiger partial charge on any atom is 0.155 e. The maximum absolute atomic E-state index is 8.91. The van der Waals surface area contributed by atoms with E-state index in [1.807, 2.05) is 36.4 Å². The number of hydrogen-bond acceptors (Lipinski definition) is 5. The Labute approximate surface area is 157 Å². The molecular weight excluding hydrogens is 338 g/mol. The van der Waals surface area contributed by atoms with Crippen molar-refractivity contribution in [2.45, 2.75) is 19.8 Å². The number of benzene rings is 3. The Morgan fingerprint density at radius 2 is 1.96 bits per heavy atom. The standard InChI is InChI=1S/C22H23N3O2/c1-2-10-24-19-14-21-22(17-7-4-3-6-16(17)19)25-18-9-8-15(13-20(18)27-21)23-11-5-12-26/h3-4,6-9,13-14,24,26H,2,5,10-12H2,1H3. The molecule has 4 rings (SSSR count). The fourth-order valence-electron chi connectivity index (χ4n) is 3.23. The topological polar surface area (TPSA) is 70.7 Å². The summed E-state index contributed by atoms with van der Waals surface area (Å²) in [6.07, 6.45) is 1.71. The highest BCUT2D eigenvalue weighted by molar-refractivity contribution is 6.10. The van der Waals surface area contributed by atoms with Gasteiger partial charge < -0.3 is 14.8 Å². The first-order valence-corrected chi connectivity index (χ1v) is 9.41. The average molecular weight is 361 g/mol. The van der Waals surface area contributed by atoms with Crippen molar-refractivity contribution in [2.75, 3.05) is 25.0 Å². The first-order valence-electron chi connectivity index (χ1n) is 9.41. The molecule has 2 aliphatic rings. The summed E-state index contributed by atoms with van der Waals surface area (Å²) >= 11 is 0. The Kier molecular flexibility index (Phi) is 5.03. The maximum atomic E-state index is 8.91. The molecule has 0 radical (unpaired) electrons. The second-order valence-electron chi connectivity index (χ2n) is 6.57. The zero-order chi connectivity index (χ0) is 18.6. The van der Waals surface area contributed by atoms with Crippen molar-refractivity contribution in [3.63, 3.8) is 0 Å². The van der Waals surface area contributed by atoms with Gasteiger partial charge in [0.1, 0.15) is 11.2 Å². The van der Waals surface area contributed by atoms with Crippen LogP contribution in [0.25, 0.3) is 33.3 Å². The van der Waals surface area contributed by atoms with Gasteiger partial charge in [-0.05, 0) is 25.0 Å². The number of aliphatic hydroxyl groups is 1. The summed E-state index contributed by atoms with van der Waals surface area (Å²) in [5.74, 6) is 0.712. The molecule has 0 amide bonds. The highest BCUT2D eigenvalue weighted by Crippen LogP contribution is 2.33. The summed E-state index contributed by atoms with van der Waals surface area (Å²) in [7, 11) is 0. The molecule has 1 heterocycles. The number of aliphatic hydroxyl groups excluding tert-OH is 1. The van der Waals surface area contributed by atoms with Crippen molar-refractivity contribution in [1.29, 1.82) is 0 Å². The summed E-state index contributed by atoms with van der Waals surface area (Å²) < 4.78 is 6.21. The van der Waals surface area contributed by atoms with Gasteiger partial charge in [-0.2, -0.15) is 0 Å². The van der Waals surface area contributed by atoms with E-state index < -0.39 is 0 Å². The van der Waals surface area contributed by atoms with Crippen LogP contribution >= 0.6 is 0 Å². The molecule has 5 heteroatoms. The Bertz CT molecular complexity index is 1120. The smallest absolute Gasteiger partial charge is 0.155 e. The van der Waals surface area contributed by atoms with E-state index in [4.69, 9.17) is 14.5 Å². The number of nitrogens with one attached hydrogen (secondary N) is 1. The number of aromatic nitrogens is 1. The lowest BCUT2D eigenvalue weighted by atomic mass is 10.1. The molecule has 2 N–H and O–H groups in total. The van der Waals surface area contributed by atoms with E-state index in [1.54, 1.807) is 0 Å². The van der Waals surface area contributed by atoms with E-state index in [9.17, 15) is 0 Å². The third-order valence-corrected chi connectivity index (χ3v) is 4.55. The van der Waals surface area contributed by atoms with Gasteiger partial charge >= 0.3 is 0 Å². The van der Waals surface area contributed by atoms with E-state index >= 15 is 0 Å². The summed E-state index contributed by atoms with van der Waals surface area (Å²) in [5, 5.41) is 15.5. The van der Waals surface area contributed by atoms with Crippen LogP contribution in [0.1, 0.15) is 19.8 Å². The van der Waals surface area contributed by atoms with Gasteiger partial charge in [-0.1, -0.05) is 31.2 Å². The molecule has 1 aliphatic carbocycles. The molecule has 0 unspecified atom stereocenters. The van der Waals surface area contributed by atoms with Crippen LogP contribution in [0.2, 0.25) is 0 Å². The minimum atomic E-state index is 0.147. The Balaban J connectivity index is 1.91. The van der Waals surface area contributed by atoms with E-state index in [2.05, 4.69) is 29.4 Å². The summed E-state index contributed by atoms with van der Waals surface area (Å²) in [6.45, 7) is 3.80. The van der Waals surface area contributed by atoms with Crippen LogP contribution in [0.5, 0.6) is 0 Å². The molecule has 0 saturated carbocycles. The molecule has 5 nitrogen and oxygen atoms in total. The molecule has 0 fully saturated rings. The number of anilines is 1. The predicted octanol–water partition coefficient (Wildman–Crippen LogP) is 4.19. The highest BCUT2D eigenvalue weighted by atomic mass is 16.3. The second kappa shape index (κ2) is 7.76. The lowest BCUT2D eigenvalue weighted by Gasteiger charge is -2.13.